The third-order valence-corrected chi connectivity index (χ3v) is 3.45. The maximum atomic E-state index is 13.5. The van der Waals surface area contributed by atoms with Crippen molar-refractivity contribution < 1.29 is 9.18 Å². The molecule has 0 saturated heterocycles. The van der Waals surface area contributed by atoms with E-state index >= 15 is 0 Å². The molecule has 0 radical (unpaired) electrons. The van der Waals surface area contributed by atoms with E-state index in [4.69, 9.17) is 0 Å². The molecule has 2 aromatic rings. The van der Waals surface area contributed by atoms with Gasteiger partial charge in [-0.2, -0.15) is 5.10 Å². The number of nitrogens with one attached hydrogen (secondary N) is 3. The quantitative estimate of drug-likeness (QED) is 0.796. The molecule has 0 bridgehead atoms. The van der Waals surface area contributed by atoms with E-state index in [1.165, 1.54) is 6.07 Å². The number of halogens is 2. The molecular formula is C14H16ClFN4O. The summed E-state index contributed by atoms with van der Waals surface area (Å²) in [6, 6.07) is 4.62. The maximum Gasteiger partial charge on any atom is 0.276 e. The Bertz CT molecular complexity index is 671. The van der Waals surface area contributed by atoms with Crippen molar-refractivity contribution in [1.29, 1.82) is 0 Å². The van der Waals surface area contributed by atoms with Crippen LogP contribution in [0.4, 0.5) is 10.1 Å². The minimum atomic E-state index is -0.339. The summed E-state index contributed by atoms with van der Waals surface area (Å²) in [5.41, 5.74) is 3.22. The summed E-state index contributed by atoms with van der Waals surface area (Å²) in [6.45, 7) is 3.17. The van der Waals surface area contributed by atoms with Gasteiger partial charge in [-0.1, -0.05) is 6.07 Å². The van der Waals surface area contributed by atoms with E-state index in [1.807, 2.05) is 0 Å². The molecule has 1 aliphatic rings. The van der Waals surface area contributed by atoms with Crippen LogP contribution in [0, 0.1) is 12.7 Å². The number of amides is 1. The Morgan fingerprint density at radius 1 is 1.43 bits per heavy atom. The molecule has 1 aromatic heterocycles. The number of aromatic amines is 1. The standard InChI is InChI=1S/C14H15FN4O.ClH/c1-8-2-3-9(6-11(8)15)17-14(20)13-10-7-16-5-4-12(10)18-19-13;/h2-3,6,16H,4-5,7H2,1H3,(H,17,20)(H,18,19);1H. The number of carbonyl (C=O) groups is 1. The first kappa shape index (κ1) is 15.5. The summed E-state index contributed by atoms with van der Waals surface area (Å²) in [5.74, 6) is -0.664. The van der Waals surface area contributed by atoms with Crippen molar-refractivity contribution in [3.8, 4) is 0 Å². The highest BCUT2D eigenvalue weighted by Crippen LogP contribution is 2.18. The molecule has 0 spiro atoms. The summed E-state index contributed by atoms with van der Waals surface area (Å²) in [5, 5.41) is 12.8. The van der Waals surface area contributed by atoms with Gasteiger partial charge in [0.1, 0.15) is 5.82 Å². The van der Waals surface area contributed by atoms with Crippen molar-refractivity contribution in [2.75, 3.05) is 11.9 Å². The number of aryl methyl sites for hydroxylation is 1. The number of hydrogen-bond acceptors (Lipinski definition) is 3. The van der Waals surface area contributed by atoms with Crippen molar-refractivity contribution in [2.45, 2.75) is 19.9 Å². The van der Waals surface area contributed by atoms with E-state index in [0.29, 0.717) is 23.5 Å². The van der Waals surface area contributed by atoms with Crippen LogP contribution in [0.25, 0.3) is 0 Å². The lowest BCUT2D eigenvalue weighted by atomic mass is 10.1. The monoisotopic (exact) mass is 310 g/mol. The van der Waals surface area contributed by atoms with Crippen LogP contribution in [0.3, 0.4) is 0 Å². The predicted octanol–water partition coefficient (Wildman–Crippen LogP) is 2.18. The first-order valence-electron chi connectivity index (χ1n) is 6.49. The molecule has 7 heteroatoms. The fourth-order valence-electron chi connectivity index (χ4n) is 2.27. The predicted molar refractivity (Wildman–Crippen MR) is 80.3 cm³/mol. The molecule has 5 nitrogen and oxygen atoms in total. The smallest absolute Gasteiger partial charge is 0.276 e. The Kier molecular flexibility index (Phi) is 4.59. The molecular weight excluding hydrogens is 295 g/mol. The molecule has 0 unspecified atom stereocenters. The van der Waals surface area contributed by atoms with Crippen LogP contribution in [0.15, 0.2) is 18.2 Å². The van der Waals surface area contributed by atoms with Gasteiger partial charge in [0.15, 0.2) is 5.69 Å². The molecule has 112 valence electrons. The number of hydrogen-bond donors (Lipinski definition) is 3. The topological polar surface area (TPSA) is 69.8 Å². The second-order valence-corrected chi connectivity index (χ2v) is 4.87. The van der Waals surface area contributed by atoms with E-state index in [2.05, 4.69) is 20.8 Å². The Morgan fingerprint density at radius 3 is 3.00 bits per heavy atom. The van der Waals surface area contributed by atoms with Crippen LogP contribution in [-0.4, -0.2) is 22.6 Å². The summed E-state index contributed by atoms with van der Waals surface area (Å²) in [6.07, 6.45) is 0.828. The van der Waals surface area contributed by atoms with Gasteiger partial charge in [0, 0.05) is 36.5 Å². The number of fused-ring (bicyclic) bond motifs is 1. The van der Waals surface area contributed by atoms with E-state index in [9.17, 15) is 9.18 Å². The molecule has 2 heterocycles. The minimum Gasteiger partial charge on any atom is -0.320 e. The van der Waals surface area contributed by atoms with Crippen LogP contribution < -0.4 is 10.6 Å². The average molecular weight is 311 g/mol. The number of benzene rings is 1. The normalized spacial score (nSPS) is 13.2. The van der Waals surface area contributed by atoms with Crippen molar-refractivity contribution >= 4 is 24.0 Å². The number of rotatable bonds is 2. The molecule has 0 aliphatic carbocycles. The molecule has 3 rings (SSSR count). The molecule has 1 aliphatic heterocycles. The Hall–Kier alpha value is -1.92. The largest absolute Gasteiger partial charge is 0.320 e. The lowest BCUT2D eigenvalue weighted by Gasteiger charge is -2.13. The first-order chi connectivity index (χ1) is 9.65. The molecule has 0 atom stereocenters. The Morgan fingerprint density at radius 2 is 2.24 bits per heavy atom. The zero-order chi connectivity index (χ0) is 14.1. The lowest BCUT2D eigenvalue weighted by Crippen LogP contribution is -2.25. The molecule has 21 heavy (non-hydrogen) atoms. The minimum absolute atomic E-state index is 0. The zero-order valence-corrected chi connectivity index (χ0v) is 12.3. The number of aromatic nitrogens is 2. The fourth-order valence-corrected chi connectivity index (χ4v) is 2.27. The molecule has 0 saturated carbocycles. The summed E-state index contributed by atoms with van der Waals surface area (Å²) < 4.78 is 13.5. The fraction of sp³-hybridized carbons (Fsp3) is 0.286. The Balaban J connectivity index is 0.00000161. The molecule has 1 aromatic carbocycles. The van der Waals surface area contributed by atoms with Gasteiger partial charge in [-0.25, -0.2) is 4.39 Å². The number of nitrogens with zero attached hydrogens (tertiary/aromatic N) is 1. The van der Waals surface area contributed by atoms with Gasteiger partial charge in [0.25, 0.3) is 5.91 Å². The van der Waals surface area contributed by atoms with E-state index < -0.39 is 0 Å². The van der Waals surface area contributed by atoms with Crippen molar-refractivity contribution in [2.24, 2.45) is 0 Å². The lowest BCUT2D eigenvalue weighted by molar-refractivity contribution is 0.102. The highest BCUT2D eigenvalue weighted by molar-refractivity contribution is 6.04. The SMILES string of the molecule is Cc1ccc(NC(=O)c2n[nH]c3c2CNCC3)cc1F.Cl. The van der Waals surface area contributed by atoms with Crippen LogP contribution in [-0.2, 0) is 13.0 Å². The molecule has 1 amide bonds. The highest BCUT2D eigenvalue weighted by Gasteiger charge is 2.21. The average Bonchev–Trinajstić information content (AvgIpc) is 2.87. The van der Waals surface area contributed by atoms with E-state index in [-0.39, 0.29) is 24.1 Å². The van der Waals surface area contributed by atoms with Crippen molar-refractivity contribution in [3.05, 3.63) is 46.5 Å². The third-order valence-electron chi connectivity index (χ3n) is 3.45. The third kappa shape index (κ3) is 3.06. The van der Waals surface area contributed by atoms with Gasteiger partial charge in [0.05, 0.1) is 0 Å². The van der Waals surface area contributed by atoms with Crippen LogP contribution in [0.2, 0.25) is 0 Å². The van der Waals surface area contributed by atoms with Crippen molar-refractivity contribution in [3.63, 3.8) is 0 Å². The van der Waals surface area contributed by atoms with Gasteiger partial charge >= 0.3 is 0 Å². The van der Waals surface area contributed by atoms with Crippen LogP contribution >= 0.6 is 12.4 Å². The second-order valence-electron chi connectivity index (χ2n) is 4.87. The zero-order valence-electron chi connectivity index (χ0n) is 11.5. The van der Waals surface area contributed by atoms with Crippen molar-refractivity contribution in [1.82, 2.24) is 15.5 Å². The first-order valence-corrected chi connectivity index (χ1v) is 6.49. The summed E-state index contributed by atoms with van der Waals surface area (Å²) in [4.78, 5) is 12.2. The Labute approximate surface area is 127 Å². The van der Waals surface area contributed by atoms with Gasteiger partial charge in [0.2, 0.25) is 0 Å². The highest BCUT2D eigenvalue weighted by atomic mass is 35.5. The maximum absolute atomic E-state index is 13.5. The van der Waals surface area contributed by atoms with Gasteiger partial charge < -0.3 is 10.6 Å². The second kappa shape index (κ2) is 6.24. The molecule has 0 fully saturated rings. The summed E-state index contributed by atoms with van der Waals surface area (Å²) >= 11 is 0. The van der Waals surface area contributed by atoms with E-state index in [1.54, 1.807) is 19.1 Å². The van der Waals surface area contributed by atoms with Gasteiger partial charge in [-0.3, -0.25) is 9.89 Å². The number of H-pyrrole nitrogens is 1. The van der Waals surface area contributed by atoms with Crippen LogP contribution in [0.1, 0.15) is 27.3 Å². The number of carbonyl (C=O) groups excluding carboxylic acids is 1. The number of anilines is 1. The van der Waals surface area contributed by atoms with E-state index in [0.717, 1.165) is 24.2 Å². The molecule has 3 N–H and O–H groups in total. The van der Waals surface area contributed by atoms with Crippen LogP contribution in [0.5, 0.6) is 0 Å². The van der Waals surface area contributed by atoms with Gasteiger partial charge in [-0.05, 0) is 24.6 Å². The summed E-state index contributed by atoms with van der Waals surface area (Å²) in [7, 11) is 0. The van der Waals surface area contributed by atoms with Gasteiger partial charge in [-0.15, -0.1) is 12.4 Å².